The second-order valence-electron chi connectivity index (χ2n) is 1.67. The molecule has 0 radical (unpaired) electrons. The predicted molar refractivity (Wildman–Crippen MR) is 33.2 cm³/mol. The highest BCUT2D eigenvalue weighted by atomic mass is 35.5. The summed E-state index contributed by atoms with van der Waals surface area (Å²) in [4.78, 5) is 13.6. The molecular formula is C5H4ClNO3. The number of aromatic carboxylic acids is 1. The molecule has 4 nitrogen and oxygen atoms in total. The normalized spacial score (nSPS) is 9.80. The number of rotatable bonds is 1. The molecule has 1 aromatic rings. The van der Waals surface area contributed by atoms with Gasteiger partial charge in [0.25, 0.3) is 0 Å². The molecule has 10 heavy (non-hydrogen) atoms. The summed E-state index contributed by atoms with van der Waals surface area (Å²) in [6.07, 6.45) is 0. The maximum absolute atomic E-state index is 10.2. The maximum atomic E-state index is 10.2. The van der Waals surface area contributed by atoms with E-state index < -0.39 is 5.97 Å². The van der Waals surface area contributed by atoms with Gasteiger partial charge in [0, 0.05) is 0 Å². The Morgan fingerprint density at radius 1 is 1.80 bits per heavy atom. The summed E-state index contributed by atoms with van der Waals surface area (Å²) in [6.45, 7) is 1.54. The van der Waals surface area contributed by atoms with Crippen LogP contribution in [0.4, 0.5) is 0 Å². The van der Waals surface area contributed by atoms with Crippen molar-refractivity contribution in [3.05, 3.63) is 16.8 Å². The Balaban J connectivity index is 3.10. The molecular weight excluding hydrogens is 158 g/mol. The van der Waals surface area contributed by atoms with Gasteiger partial charge in [-0.3, -0.25) is 0 Å². The summed E-state index contributed by atoms with van der Waals surface area (Å²) in [7, 11) is 0. The lowest BCUT2D eigenvalue weighted by molar-refractivity contribution is 0.0652. The largest absolute Gasteiger partial charge is 0.474 e. The van der Waals surface area contributed by atoms with Crippen LogP contribution in [0.5, 0.6) is 0 Å². The van der Waals surface area contributed by atoms with Gasteiger partial charge in [0.2, 0.25) is 0 Å². The number of carboxylic acids is 1. The number of hydrogen-bond donors (Lipinski definition) is 1. The van der Waals surface area contributed by atoms with Crippen LogP contribution in [0.3, 0.4) is 0 Å². The SMILES string of the molecule is Cc1oc(C(=O)O)nc1Cl. The quantitative estimate of drug-likeness (QED) is 0.675. The van der Waals surface area contributed by atoms with Crippen LogP contribution in [0, 0.1) is 6.92 Å². The van der Waals surface area contributed by atoms with Crippen LogP contribution in [-0.2, 0) is 0 Å². The van der Waals surface area contributed by atoms with Crippen LogP contribution in [0.25, 0.3) is 0 Å². The minimum atomic E-state index is -1.21. The van der Waals surface area contributed by atoms with Gasteiger partial charge < -0.3 is 9.52 Å². The van der Waals surface area contributed by atoms with Gasteiger partial charge in [0.15, 0.2) is 5.15 Å². The van der Waals surface area contributed by atoms with E-state index in [0.717, 1.165) is 0 Å². The molecule has 1 aromatic heterocycles. The minimum Gasteiger partial charge on any atom is -0.474 e. The van der Waals surface area contributed by atoms with Gasteiger partial charge in [-0.05, 0) is 6.92 Å². The number of aromatic nitrogens is 1. The Kier molecular flexibility index (Phi) is 1.63. The van der Waals surface area contributed by atoms with E-state index in [9.17, 15) is 4.79 Å². The average molecular weight is 162 g/mol. The first-order valence-corrected chi connectivity index (χ1v) is 2.85. The van der Waals surface area contributed by atoms with E-state index in [1.54, 1.807) is 6.92 Å². The fraction of sp³-hybridized carbons (Fsp3) is 0.200. The predicted octanol–water partition coefficient (Wildman–Crippen LogP) is 1.33. The Morgan fingerprint density at radius 2 is 2.40 bits per heavy atom. The van der Waals surface area contributed by atoms with E-state index >= 15 is 0 Å². The zero-order valence-electron chi connectivity index (χ0n) is 5.09. The zero-order chi connectivity index (χ0) is 7.72. The number of nitrogens with zero attached hydrogens (tertiary/aromatic N) is 1. The molecule has 0 spiro atoms. The standard InChI is InChI=1S/C5H4ClNO3/c1-2-3(6)7-4(10-2)5(8)9/h1H3,(H,8,9). The van der Waals surface area contributed by atoms with Gasteiger partial charge in [-0.1, -0.05) is 11.6 Å². The molecule has 1 N–H and O–H groups in total. The van der Waals surface area contributed by atoms with Crippen LogP contribution in [-0.4, -0.2) is 16.1 Å². The second-order valence-corrected chi connectivity index (χ2v) is 2.03. The lowest BCUT2D eigenvalue weighted by Crippen LogP contribution is -1.94. The van der Waals surface area contributed by atoms with Gasteiger partial charge in [-0.15, -0.1) is 0 Å². The number of aryl methyl sites for hydroxylation is 1. The smallest absolute Gasteiger partial charge is 0.392 e. The van der Waals surface area contributed by atoms with Crippen molar-refractivity contribution in [1.82, 2.24) is 4.98 Å². The van der Waals surface area contributed by atoms with E-state index in [-0.39, 0.29) is 11.0 Å². The fourth-order valence-electron chi connectivity index (χ4n) is 0.469. The number of hydrogen-bond acceptors (Lipinski definition) is 3. The first kappa shape index (κ1) is 7.08. The van der Waals surface area contributed by atoms with Crippen molar-refractivity contribution in [3.8, 4) is 0 Å². The summed E-state index contributed by atoms with van der Waals surface area (Å²) in [5.74, 6) is -1.27. The van der Waals surface area contributed by atoms with Gasteiger partial charge >= 0.3 is 11.9 Å². The number of halogens is 1. The van der Waals surface area contributed by atoms with E-state index in [0.29, 0.717) is 5.76 Å². The van der Waals surface area contributed by atoms with Crippen molar-refractivity contribution >= 4 is 17.6 Å². The molecule has 1 heterocycles. The van der Waals surface area contributed by atoms with E-state index in [2.05, 4.69) is 9.40 Å². The van der Waals surface area contributed by atoms with Crippen molar-refractivity contribution in [2.45, 2.75) is 6.92 Å². The monoisotopic (exact) mass is 161 g/mol. The number of oxazole rings is 1. The molecule has 0 atom stereocenters. The van der Waals surface area contributed by atoms with Gasteiger partial charge in [0.05, 0.1) is 0 Å². The number of carboxylic acid groups (broad SMARTS) is 1. The Morgan fingerprint density at radius 3 is 2.60 bits per heavy atom. The second kappa shape index (κ2) is 2.30. The van der Waals surface area contributed by atoms with Crippen LogP contribution in [0.1, 0.15) is 16.4 Å². The molecule has 0 saturated carbocycles. The third kappa shape index (κ3) is 1.11. The zero-order valence-corrected chi connectivity index (χ0v) is 5.84. The molecule has 0 unspecified atom stereocenters. The van der Waals surface area contributed by atoms with Crippen molar-refractivity contribution in [2.24, 2.45) is 0 Å². The highest BCUT2D eigenvalue weighted by Gasteiger charge is 2.12. The van der Waals surface area contributed by atoms with Crippen LogP contribution in [0.15, 0.2) is 4.42 Å². The molecule has 0 amide bonds. The molecule has 0 saturated heterocycles. The number of carbonyl (C=O) groups is 1. The summed E-state index contributed by atoms with van der Waals surface area (Å²) >= 11 is 5.41. The maximum Gasteiger partial charge on any atom is 0.392 e. The van der Waals surface area contributed by atoms with Gasteiger partial charge in [-0.25, -0.2) is 4.79 Å². The summed E-state index contributed by atoms with van der Waals surface area (Å²) in [5.41, 5.74) is 0. The van der Waals surface area contributed by atoms with Crippen molar-refractivity contribution in [1.29, 1.82) is 0 Å². The molecule has 0 aliphatic rings. The molecule has 0 bridgehead atoms. The van der Waals surface area contributed by atoms with Crippen molar-refractivity contribution < 1.29 is 14.3 Å². The lowest BCUT2D eigenvalue weighted by Gasteiger charge is -1.79. The highest BCUT2D eigenvalue weighted by molar-refractivity contribution is 6.30. The average Bonchev–Trinajstić information content (AvgIpc) is 2.13. The fourth-order valence-corrected chi connectivity index (χ4v) is 0.585. The van der Waals surface area contributed by atoms with E-state index in [1.165, 1.54) is 0 Å². The Hall–Kier alpha value is -1.03. The molecule has 1 rings (SSSR count). The molecule has 0 aliphatic heterocycles. The van der Waals surface area contributed by atoms with Crippen LogP contribution < -0.4 is 0 Å². The van der Waals surface area contributed by atoms with Crippen LogP contribution >= 0.6 is 11.6 Å². The summed E-state index contributed by atoms with van der Waals surface area (Å²) in [5, 5.41) is 8.40. The van der Waals surface area contributed by atoms with Crippen LogP contribution in [0.2, 0.25) is 5.15 Å². The molecule has 0 aliphatic carbocycles. The first-order valence-electron chi connectivity index (χ1n) is 2.47. The van der Waals surface area contributed by atoms with Crippen molar-refractivity contribution in [3.63, 3.8) is 0 Å². The third-order valence-corrected chi connectivity index (χ3v) is 1.27. The van der Waals surface area contributed by atoms with E-state index in [1.807, 2.05) is 0 Å². The first-order chi connectivity index (χ1) is 4.61. The molecule has 5 heteroatoms. The minimum absolute atomic E-state index is 0.0948. The van der Waals surface area contributed by atoms with E-state index in [4.69, 9.17) is 16.7 Å². The summed E-state index contributed by atoms with van der Waals surface area (Å²) in [6, 6.07) is 0. The van der Waals surface area contributed by atoms with Crippen molar-refractivity contribution in [2.75, 3.05) is 0 Å². The molecule has 0 fully saturated rings. The topological polar surface area (TPSA) is 63.3 Å². The Labute approximate surface area is 61.4 Å². The van der Waals surface area contributed by atoms with Gasteiger partial charge in [0.1, 0.15) is 5.76 Å². The lowest BCUT2D eigenvalue weighted by atomic mass is 10.6. The highest BCUT2D eigenvalue weighted by Crippen LogP contribution is 2.14. The van der Waals surface area contributed by atoms with Gasteiger partial charge in [-0.2, -0.15) is 4.98 Å². The molecule has 54 valence electrons. The molecule has 0 aromatic carbocycles. The Bertz CT molecular complexity index is 248. The third-order valence-electron chi connectivity index (χ3n) is 0.923. The summed E-state index contributed by atoms with van der Waals surface area (Å²) < 4.78 is 4.63.